The number of para-hydroxylation sites is 4. The normalized spacial score (nSPS) is 9.98. The smallest absolute Gasteiger partial charge is 0.248 e. The summed E-state index contributed by atoms with van der Waals surface area (Å²) in [6.07, 6.45) is -1.18. The van der Waals surface area contributed by atoms with Gasteiger partial charge in [0.05, 0.1) is 32.7 Å². The Morgan fingerprint density at radius 2 is 0.440 bits per heavy atom. The molecule has 0 saturated heterocycles. The van der Waals surface area contributed by atoms with Crippen molar-refractivity contribution in [2.24, 2.45) is 0 Å². The minimum absolute atomic E-state index is 0.358. The van der Waals surface area contributed by atoms with Crippen molar-refractivity contribution < 1.29 is 28.8 Å². The number of nitrogens with zero attached hydrogens (tertiary/aromatic N) is 6. The molecule has 0 radical (unpaired) electrons. The van der Waals surface area contributed by atoms with Crippen molar-refractivity contribution in [2.75, 3.05) is 34.1 Å². The Morgan fingerprint density at radius 3 is 0.659 bits per heavy atom. The van der Waals surface area contributed by atoms with Gasteiger partial charge in [0.1, 0.15) is 39.2 Å². The molecule has 0 bridgehead atoms. The number of anilines is 4. The van der Waals surface area contributed by atoms with Crippen molar-refractivity contribution in [3.8, 4) is 0 Å². The Balaban J connectivity index is 0.000000222. The molecule has 0 aliphatic heterocycles. The molecule has 91 heavy (non-hydrogen) atoms. The summed E-state index contributed by atoms with van der Waals surface area (Å²) in [6, 6.07) is 74.0. The van der Waals surface area contributed by atoms with E-state index in [1.165, 1.54) is 30.1 Å². The Bertz CT molecular complexity index is 3550. The largest absolute Gasteiger partial charge is 0.277 e. The molecule has 0 spiro atoms. The van der Waals surface area contributed by atoms with Crippen molar-refractivity contribution in [2.45, 2.75) is 33.1 Å². The van der Waals surface area contributed by atoms with Crippen molar-refractivity contribution >= 4 is 161 Å². The van der Waals surface area contributed by atoms with Gasteiger partial charge in [-0.1, -0.05) is 267 Å². The van der Waals surface area contributed by atoms with Gasteiger partial charge >= 0.3 is 0 Å². The summed E-state index contributed by atoms with van der Waals surface area (Å²) in [5, 5.41) is 8.76. The van der Waals surface area contributed by atoms with E-state index in [1.807, 2.05) is 243 Å². The van der Waals surface area contributed by atoms with Crippen LogP contribution in [-0.2, 0) is 28.8 Å². The van der Waals surface area contributed by atoms with Gasteiger partial charge in [0, 0.05) is 36.3 Å². The highest BCUT2D eigenvalue weighted by Gasteiger charge is 2.23. The van der Waals surface area contributed by atoms with E-state index < -0.39 is 41.9 Å². The molecule has 0 unspecified atom stereocenters. The van der Waals surface area contributed by atoms with Crippen molar-refractivity contribution in [1.29, 1.82) is 0 Å². The zero-order valence-electron chi connectivity index (χ0n) is 49.8. The topological polar surface area (TPSA) is 194 Å². The first-order valence-corrected chi connectivity index (χ1v) is 30.3. The average Bonchev–Trinajstić information content (AvgIpc) is 1.43. The highest BCUT2D eigenvalue weighted by Crippen LogP contribution is 2.19. The van der Waals surface area contributed by atoms with E-state index in [9.17, 15) is 28.8 Å². The van der Waals surface area contributed by atoms with Crippen molar-refractivity contribution in [1.82, 2.24) is 42.6 Å². The summed E-state index contributed by atoms with van der Waals surface area (Å²) in [7, 11) is 3.25. The maximum absolute atomic E-state index is 13.0. The van der Waals surface area contributed by atoms with Crippen LogP contribution in [0.15, 0.2) is 243 Å². The number of hydrogen-bond acceptors (Lipinski definition) is 12. The SMILES string of the molecule is CC(=S)N(NC(=O)CC(=O)NN(C(C)=S)c1ccccc1)c1ccccc1.CN(NC(=O)CC(=O)NN(C)C(=S)c1ccccc1)C(=S)c1ccccc1.O=C(CC(=O)NN(C(=S)c1ccccc1)c1ccccc1)NN(C(=S)c1ccccc1)c1ccccc1. The fourth-order valence-electron chi connectivity index (χ4n) is 8.04. The second kappa shape index (κ2) is 36.4. The van der Waals surface area contributed by atoms with E-state index in [0.29, 0.717) is 52.7 Å². The van der Waals surface area contributed by atoms with Crippen LogP contribution in [-0.4, -0.2) is 89.5 Å². The molecule has 18 nitrogen and oxygen atoms in total. The van der Waals surface area contributed by atoms with Gasteiger partial charge in [-0.15, -0.1) is 0 Å². The summed E-state index contributed by atoms with van der Waals surface area (Å²) >= 11 is 32.3. The summed E-state index contributed by atoms with van der Waals surface area (Å²) < 4.78 is 0. The van der Waals surface area contributed by atoms with E-state index >= 15 is 0 Å². The highest BCUT2D eigenvalue weighted by atomic mass is 32.1. The molecule has 0 aliphatic carbocycles. The zero-order chi connectivity index (χ0) is 65.7. The molecular formula is C67H64N12O6S6. The van der Waals surface area contributed by atoms with Gasteiger partial charge in [0.15, 0.2) is 0 Å². The molecule has 0 fully saturated rings. The number of amides is 6. The molecule has 464 valence electrons. The molecule has 8 rings (SSSR count). The summed E-state index contributed by atoms with van der Waals surface area (Å²) in [4.78, 5) is 77.4. The van der Waals surface area contributed by atoms with Gasteiger partial charge in [-0.3, -0.25) is 71.3 Å². The van der Waals surface area contributed by atoms with Crippen molar-refractivity contribution in [3.05, 3.63) is 265 Å². The van der Waals surface area contributed by atoms with Crippen LogP contribution in [0, 0.1) is 0 Å². The van der Waals surface area contributed by atoms with E-state index in [4.69, 9.17) is 73.3 Å². The molecule has 0 heterocycles. The molecule has 8 aromatic rings. The Labute approximate surface area is 561 Å². The second-order valence-electron chi connectivity index (χ2n) is 19.3. The molecule has 6 amide bonds. The van der Waals surface area contributed by atoms with Gasteiger partial charge in [-0.05, 0) is 62.4 Å². The third-order valence-corrected chi connectivity index (χ3v) is 14.5. The number of hydrogen-bond donors (Lipinski definition) is 6. The highest BCUT2D eigenvalue weighted by molar-refractivity contribution is 7.81. The van der Waals surface area contributed by atoms with Crippen LogP contribution in [0.4, 0.5) is 22.7 Å². The van der Waals surface area contributed by atoms with Crippen LogP contribution in [0.1, 0.15) is 55.4 Å². The number of rotatable bonds is 14. The number of thiocarbonyl (C=S) groups is 6. The first kappa shape index (κ1) is 70.0. The first-order valence-electron chi connectivity index (χ1n) is 27.8. The van der Waals surface area contributed by atoms with Gasteiger partial charge in [0.25, 0.3) is 0 Å². The summed E-state index contributed by atoms with van der Waals surface area (Å²) in [5.74, 6) is -3.00. The van der Waals surface area contributed by atoms with Gasteiger partial charge in [-0.25, -0.2) is 20.0 Å². The minimum Gasteiger partial charge on any atom is -0.277 e. The van der Waals surface area contributed by atoms with Crippen LogP contribution in [0.5, 0.6) is 0 Å². The Morgan fingerprint density at radius 1 is 0.264 bits per heavy atom. The minimum atomic E-state index is -0.529. The lowest BCUT2D eigenvalue weighted by Gasteiger charge is -2.27. The monoisotopic (exact) mass is 1320 g/mol. The maximum Gasteiger partial charge on any atom is 0.248 e. The quantitative estimate of drug-likeness (QED) is 0.0342. The number of carbonyl (C=O) groups is 6. The average molecular weight is 1330 g/mol. The van der Waals surface area contributed by atoms with Crippen LogP contribution >= 0.6 is 73.3 Å². The third-order valence-electron chi connectivity index (χ3n) is 12.3. The van der Waals surface area contributed by atoms with Gasteiger partial charge in [0.2, 0.25) is 35.4 Å². The maximum atomic E-state index is 13.0. The lowest BCUT2D eigenvalue weighted by atomic mass is 10.2. The molecule has 8 aromatic carbocycles. The molecule has 24 heteroatoms. The number of nitrogens with one attached hydrogen (secondary N) is 6. The predicted octanol–water partition coefficient (Wildman–Crippen LogP) is 10.4. The lowest BCUT2D eigenvalue weighted by molar-refractivity contribution is -0.133. The lowest BCUT2D eigenvalue weighted by Crippen LogP contribution is -2.50. The Kier molecular flexibility index (Phi) is 28.0. The standard InChI is InChI=1S/C29H24N4O2S2.2C19H20N4O2S2/c34-26(30-32(24-17-9-3-10-18-24)28(36)22-13-5-1-6-14-22)21-27(35)31-33(25-19-11-4-12-20-25)29(37)23-15-7-2-8-16-23;1-22(18(26)14-9-5-3-6-10-14)20-16(24)13-17(25)21-23(2)19(27)15-11-7-4-8-12-15;1-14(26)22(16-9-5-3-6-10-16)20-18(24)13-19(25)21-23(15(2)27)17-11-7-4-8-12-17/h1-20H,21H2,(H,30,34)(H,31,35);2*3-12H,13H2,1-2H3,(H,20,24)(H,21,25). The number of hydrazine groups is 6. The summed E-state index contributed by atoms with van der Waals surface area (Å²) in [6.45, 7) is 3.38. The van der Waals surface area contributed by atoms with E-state index in [2.05, 4.69) is 32.6 Å². The van der Waals surface area contributed by atoms with Gasteiger partial charge in [-0.2, -0.15) is 0 Å². The first-order chi connectivity index (χ1) is 43.8. The fourth-order valence-corrected chi connectivity index (χ4v) is 9.28. The molecule has 0 aromatic heterocycles. The van der Waals surface area contributed by atoms with Crippen LogP contribution < -0.4 is 52.6 Å². The molecule has 0 atom stereocenters. The Hall–Kier alpha value is -10.1. The third kappa shape index (κ3) is 22.8. The van der Waals surface area contributed by atoms with E-state index in [1.54, 1.807) is 27.9 Å². The van der Waals surface area contributed by atoms with Crippen molar-refractivity contribution in [3.63, 3.8) is 0 Å². The molecule has 6 N–H and O–H groups in total. The predicted molar refractivity (Wildman–Crippen MR) is 383 cm³/mol. The van der Waals surface area contributed by atoms with Crippen LogP contribution in [0.2, 0.25) is 0 Å². The van der Waals surface area contributed by atoms with E-state index in [0.717, 1.165) is 22.3 Å². The fraction of sp³-hybridized carbons (Fsp3) is 0.104. The molecular weight excluding hydrogens is 1260 g/mol. The zero-order valence-corrected chi connectivity index (χ0v) is 54.7. The van der Waals surface area contributed by atoms with Crippen LogP contribution in [0.25, 0.3) is 0 Å². The van der Waals surface area contributed by atoms with E-state index in [-0.39, 0.29) is 12.8 Å². The van der Waals surface area contributed by atoms with Gasteiger partial charge < -0.3 is 0 Å². The van der Waals surface area contributed by atoms with Crippen LogP contribution in [0.3, 0.4) is 0 Å². The number of carbonyl (C=O) groups excluding carboxylic acids is 6. The molecule has 0 aliphatic rings. The molecule has 0 saturated carbocycles. The summed E-state index contributed by atoms with van der Waals surface area (Å²) in [5.41, 5.74) is 21.9. The number of benzene rings is 8. The second-order valence-corrected chi connectivity index (χ2v) is 22.0.